The fourth-order valence-electron chi connectivity index (χ4n) is 3.34. The van der Waals surface area contributed by atoms with Gasteiger partial charge in [0, 0.05) is 209 Å². The number of hydrogen-bond acceptors (Lipinski definition) is 18. The van der Waals surface area contributed by atoms with Gasteiger partial charge >= 0.3 is 23.8 Å². The van der Waals surface area contributed by atoms with Crippen molar-refractivity contribution in [1.82, 2.24) is 58.0 Å². The molecule has 27 heteroatoms. The molecule has 0 fully saturated rings. The zero-order valence-electron chi connectivity index (χ0n) is 34.2. The third-order valence-electron chi connectivity index (χ3n) is 5.33. The van der Waals surface area contributed by atoms with Gasteiger partial charge in [-0.3, -0.25) is 0 Å². The van der Waals surface area contributed by atoms with Gasteiger partial charge in [-0.15, -0.1) is 42.0 Å². The van der Waals surface area contributed by atoms with Crippen molar-refractivity contribution in [2.24, 2.45) is 0 Å². The molecule has 0 unspecified atom stereocenters. The topological polar surface area (TPSA) is 302 Å². The molecule has 0 saturated carbocycles. The summed E-state index contributed by atoms with van der Waals surface area (Å²) in [5, 5.41) is 29.0. The molecule has 0 saturated heterocycles. The van der Waals surface area contributed by atoms with Crippen LogP contribution >= 0.6 is 23.8 Å². The standard InChI is InChI=1S/3C6H19N3OP.3C2H4N3.H2N.2Nd/c3*1-7(2)11(10,8(3)4)9(5)6;3*3-1-5-2-4;;;/h3*10H,1-6H3;3*3,5H,1H2;1H2;;/q3*+1;4*-1;;. The van der Waals surface area contributed by atoms with E-state index >= 15 is 0 Å². The van der Waals surface area contributed by atoms with Crippen LogP contribution in [0.5, 0.6) is 0 Å². The molecule has 11 N–H and O–H groups in total. The van der Waals surface area contributed by atoms with Gasteiger partial charge in [0.1, 0.15) is 0 Å². The molecule has 0 heterocycles. The third kappa shape index (κ3) is 33.1. The first-order valence-electron chi connectivity index (χ1n) is 14.0. The van der Waals surface area contributed by atoms with Gasteiger partial charge in [-0.25, -0.2) is 0 Å². The maximum Gasteiger partial charge on any atom is 0.366 e. The molecule has 51 heavy (non-hydrogen) atoms. The van der Waals surface area contributed by atoms with Crippen LogP contribution in [0.3, 0.4) is 0 Å². The maximum absolute atomic E-state index is 10.1. The van der Waals surface area contributed by atoms with Crippen molar-refractivity contribution in [3.8, 4) is 18.6 Å². The minimum atomic E-state index is -2.19. The molecule has 0 aromatic heterocycles. The Bertz CT molecular complexity index is 703. The third-order valence-corrected chi connectivity index (χ3v) is 15.0. The van der Waals surface area contributed by atoms with Crippen LogP contribution in [0.25, 0.3) is 23.4 Å². The summed E-state index contributed by atoms with van der Waals surface area (Å²) >= 11 is 0. The van der Waals surface area contributed by atoms with Crippen LogP contribution < -0.4 is 16.0 Å². The van der Waals surface area contributed by atoms with E-state index < -0.39 is 23.8 Å². The Balaban J connectivity index is -0.0000000607. The smallest absolute Gasteiger partial charge is 0.366 e. The molecular weight excluding hydrogens is 984 g/mol. The van der Waals surface area contributed by atoms with Gasteiger partial charge in [-0.1, -0.05) is 20.0 Å². The molecule has 0 spiro atoms. The SMILES string of the molecule is CN(C)[P+](O)(N(C)C)N(C)C.CN(C)[P+](O)(N(C)C)N(C)C.CN(C)[P+](O)(N(C)C)N(C)C.N#CNC[NH-].N#CNC[NH-].N#CNC[NH-].[NH2-].[Nd].[Nd]. The number of nitrogens with one attached hydrogen (secondary N) is 6. The van der Waals surface area contributed by atoms with Crippen LogP contribution in [-0.2, 0) is 0 Å². The van der Waals surface area contributed by atoms with Crippen molar-refractivity contribution >= 4 is 23.8 Å². The van der Waals surface area contributed by atoms with Crippen LogP contribution in [-0.4, -0.2) is 204 Å². The summed E-state index contributed by atoms with van der Waals surface area (Å²) in [5.41, 5.74) is 18.8. The van der Waals surface area contributed by atoms with E-state index in [-0.39, 0.29) is 108 Å². The predicted octanol–water partition coefficient (Wildman–Crippen LogP) is 1.94. The van der Waals surface area contributed by atoms with Gasteiger partial charge in [0.2, 0.25) is 0 Å². The van der Waals surface area contributed by atoms with Gasteiger partial charge in [0.15, 0.2) is 18.6 Å². The molecule has 0 rings (SSSR count). The van der Waals surface area contributed by atoms with Gasteiger partial charge in [-0.05, 0) is 0 Å². The average Bonchev–Trinajstić information content (AvgIpc) is 2.97. The van der Waals surface area contributed by atoms with E-state index in [0.29, 0.717) is 0 Å². The molecule has 0 aliphatic rings. The average molecular weight is 1060 g/mol. The van der Waals surface area contributed by atoms with Gasteiger partial charge in [-0.2, -0.15) is 30.5 Å². The molecular formula is C24H71N19Nd2O3P3-. The first-order valence-corrected chi connectivity index (χ1v) is 18.8. The maximum atomic E-state index is 10.1. The van der Waals surface area contributed by atoms with E-state index in [1.54, 1.807) is 18.6 Å². The van der Waals surface area contributed by atoms with Crippen molar-refractivity contribution in [3.05, 3.63) is 23.4 Å². The Labute approximate surface area is 378 Å². The normalized spacial score (nSPS) is 10.5. The van der Waals surface area contributed by atoms with Gasteiger partial charge < -0.3 is 39.3 Å². The van der Waals surface area contributed by atoms with Crippen molar-refractivity contribution in [2.75, 3.05) is 147 Å². The predicted molar refractivity (Wildman–Crippen MR) is 210 cm³/mol. The Morgan fingerprint density at radius 1 is 0.392 bits per heavy atom. The van der Waals surface area contributed by atoms with E-state index in [0.717, 1.165) is 0 Å². The second-order valence-electron chi connectivity index (χ2n) is 10.6. The summed E-state index contributed by atoms with van der Waals surface area (Å²) < 4.78 is 16.7. The number of nitrogens with zero attached hydrogens (tertiary/aromatic N) is 12. The largest absolute Gasteiger partial charge is 0.693 e. The van der Waals surface area contributed by atoms with E-state index in [9.17, 15) is 14.7 Å². The van der Waals surface area contributed by atoms with Crippen LogP contribution in [0.15, 0.2) is 0 Å². The van der Waals surface area contributed by atoms with Gasteiger partial charge in [0.05, 0.1) is 0 Å². The molecule has 0 aromatic carbocycles. The fourth-order valence-corrected chi connectivity index (χ4v) is 9.78. The Morgan fingerprint density at radius 3 is 0.490 bits per heavy atom. The van der Waals surface area contributed by atoms with Crippen LogP contribution in [0, 0.1) is 116 Å². The van der Waals surface area contributed by atoms with Crippen LogP contribution in [0.4, 0.5) is 0 Å². The first-order chi connectivity index (χ1) is 21.7. The molecule has 0 radical (unpaired) electrons. The molecule has 22 nitrogen and oxygen atoms in total. The van der Waals surface area contributed by atoms with Crippen molar-refractivity contribution < 1.29 is 96.4 Å². The van der Waals surface area contributed by atoms with Crippen molar-refractivity contribution in [1.29, 1.82) is 15.8 Å². The van der Waals surface area contributed by atoms with Crippen molar-refractivity contribution in [2.45, 2.75) is 0 Å². The van der Waals surface area contributed by atoms with Crippen LogP contribution in [0.2, 0.25) is 0 Å². The second-order valence-corrected chi connectivity index (χ2v) is 21.1. The summed E-state index contributed by atoms with van der Waals surface area (Å²) in [4.78, 5) is 30.4. The van der Waals surface area contributed by atoms with Crippen LogP contribution in [0.1, 0.15) is 0 Å². The molecule has 0 aliphatic heterocycles. The summed E-state index contributed by atoms with van der Waals surface area (Å²) in [7, 11) is 27.3. The summed E-state index contributed by atoms with van der Waals surface area (Å²) in [6.07, 6.45) is 4.74. The van der Waals surface area contributed by atoms with Gasteiger partial charge in [0.25, 0.3) is 0 Å². The minimum absolute atomic E-state index is 0. The number of rotatable bonds is 12. The number of nitrogens with two attached hydrogens (primary N) is 1. The Hall–Kier alpha value is 1.22. The molecule has 304 valence electrons. The number of nitriles is 3. The first kappa shape index (κ1) is 73.3. The summed E-state index contributed by atoms with van der Waals surface area (Å²) in [5.74, 6) is 0. The molecule has 0 aromatic rings. The van der Waals surface area contributed by atoms with Crippen molar-refractivity contribution in [3.63, 3.8) is 0 Å². The molecule has 0 atom stereocenters. The second kappa shape index (κ2) is 42.4. The van der Waals surface area contributed by atoms with E-state index in [1.165, 1.54) is 0 Å². The zero-order chi connectivity index (χ0) is 40.1. The van der Waals surface area contributed by atoms with E-state index in [4.69, 9.17) is 33.0 Å². The van der Waals surface area contributed by atoms with E-state index in [2.05, 4.69) is 16.0 Å². The molecule has 0 aliphatic carbocycles. The Kier molecular flexibility index (Phi) is 60.9. The Morgan fingerprint density at radius 2 is 0.490 bits per heavy atom. The zero-order valence-corrected chi connectivity index (χ0v) is 43.3. The molecule has 0 amide bonds. The van der Waals surface area contributed by atoms with E-state index in [1.807, 2.05) is 169 Å². The monoisotopic (exact) mass is 1050 g/mol. The summed E-state index contributed by atoms with van der Waals surface area (Å²) in [6.45, 7) is -0.0521. The number of hydrogen-bond donors (Lipinski definition) is 6. The quantitative estimate of drug-likeness (QED) is 0.0925. The minimum Gasteiger partial charge on any atom is -0.693 e. The molecule has 0 bridgehead atoms. The fraction of sp³-hybridized carbons (Fsp3) is 0.875. The summed E-state index contributed by atoms with van der Waals surface area (Å²) in [6, 6.07) is 0.